The van der Waals surface area contributed by atoms with Crippen LogP contribution in [0.1, 0.15) is 6.42 Å². The Morgan fingerprint density at radius 3 is 2.43 bits per heavy atom. The number of benzene rings is 1. The van der Waals surface area contributed by atoms with Gasteiger partial charge in [0.1, 0.15) is 0 Å². The number of carbonyl (C=O) groups is 1. The Morgan fingerprint density at radius 1 is 1.21 bits per heavy atom. The molecule has 76 valence electrons. The third-order valence-corrected chi connectivity index (χ3v) is 1.82. The van der Waals surface area contributed by atoms with Crippen molar-refractivity contribution in [2.24, 2.45) is 5.73 Å². The van der Waals surface area contributed by atoms with Crippen molar-refractivity contribution in [1.82, 2.24) is 0 Å². The predicted molar refractivity (Wildman–Crippen MR) is 58.3 cm³/mol. The number of amides is 1. The third-order valence-electron chi connectivity index (χ3n) is 1.82. The molecular formula is C10H15N3O. The molecule has 1 aromatic rings. The lowest BCUT2D eigenvalue weighted by Gasteiger charge is -2.05. The molecule has 0 saturated carbocycles. The highest BCUT2D eigenvalue weighted by atomic mass is 16.1. The van der Waals surface area contributed by atoms with Gasteiger partial charge in [0.25, 0.3) is 0 Å². The minimum Gasteiger partial charge on any atom is -0.385 e. The molecule has 0 heterocycles. The standard InChI is InChI=1S/C10H15N3O/c11-6-1-7-12-9-2-4-10(5-3-9)13-8-14/h2-5,8,12H,1,6-7,11H2,(H,13,14). The summed E-state index contributed by atoms with van der Waals surface area (Å²) < 4.78 is 0. The number of rotatable bonds is 6. The molecule has 0 saturated heterocycles. The topological polar surface area (TPSA) is 67.2 Å². The van der Waals surface area contributed by atoms with Crippen LogP contribution in [0.4, 0.5) is 11.4 Å². The summed E-state index contributed by atoms with van der Waals surface area (Å²) in [6, 6.07) is 7.53. The average Bonchev–Trinajstić information content (AvgIpc) is 2.21. The van der Waals surface area contributed by atoms with E-state index in [1.54, 1.807) is 0 Å². The highest BCUT2D eigenvalue weighted by Gasteiger charge is 1.92. The number of anilines is 2. The second-order valence-corrected chi connectivity index (χ2v) is 2.91. The number of nitrogens with one attached hydrogen (secondary N) is 2. The zero-order chi connectivity index (χ0) is 10.2. The summed E-state index contributed by atoms with van der Waals surface area (Å²) >= 11 is 0. The van der Waals surface area contributed by atoms with Crippen LogP contribution in [0.2, 0.25) is 0 Å². The normalized spacial score (nSPS) is 9.50. The van der Waals surface area contributed by atoms with Gasteiger partial charge >= 0.3 is 0 Å². The van der Waals surface area contributed by atoms with Crippen molar-refractivity contribution >= 4 is 17.8 Å². The van der Waals surface area contributed by atoms with E-state index in [9.17, 15) is 4.79 Å². The Hall–Kier alpha value is -1.55. The van der Waals surface area contributed by atoms with Crippen molar-refractivity contribution in [2.45, 2.75) is 6.42 Å². The molecule has 0 spiro atoms. The van der Waals surface area contributed by atoms with Gasteiger partial charge in [0.05, 0.1) is 0 Å². The van der Waals surface area contributed by atoms with E-state index >= 15 is 0 Å². The monoisotopic (exact) mass is 193 g/mol. The summed E-state index contributed by atoms with van der Waals surface area (Å²) in [6.07, 6.45) is 1.62. The molecule has 4 N–H and O–H groups in total. The van der Waals surface area contributed by atoms with E-state index in [1.165, 1.54) is 0 Å². The first-order chi connectivity index (χ1) is 6.86. The number of hydrogen-bond donors (Lipinski definition) is 3. The molecular weight excluding hydrogens is 178 g/mol. The van der Waals surface area contributed by atoms with E-state index in [0.717, 1.165) is 24.3 Å². The van der Waals surface area contributed by atoms with Crippen LogP contribution in [0, 0.1) is 0 Å². The van der Waals surface area contributed by atoms with Crippen molar-refractivity contribution in [1.29, 1.82) is 0 Å². The minimum atomic E-state index is 0.664. The molecule has 0 aromatic heterocycles. The van der Waals surface area contributed by atoms with Crippen LogP contribution in [0.25, 0.3) is 0 Å². The Balaban J connectivity index is 2.42. The summed E-state index contributed by atoms with van der Waals surface area (Å²) in [5.74, 6) is 0. The van der Waals surface area contributed by atoms with Crippen LogP contribution in [0.5, 0.6) is 0 Å². The fraction of sp³-hybridized carbons (Fsp3) is 0.300. The third kappa shape index (κ3) is 3.45. The molecule has 0 aliphatic heterocycles. The van der Waals surface area contributed by atoms with Gasteiger partial charge in [-0.1, -0.05) is 0 Å². The van der Waals surface area contributed by atoms with Gasteiger partial charge in [0.2, 0.25) is 6.41 Å². The van der Waals surface area contributed by atoms with Gasteiger partial charge in [-0.05, 0) is 37.2 Å². The molecule has 0 atom stereocenters. The first-order valence-corrected chi connectivity index (χ1v) is 4.61. The molecule has 0 fully saturated rings. The highest BCUT2D eigenvalue weighted by molar-refractivity contribution is 5.72. The van der Waals surface area contributed by atoms with E-state index in [-0.39, 0.29) is 0 Å². The van der Waals surface area contributed by atoms with Crippen LogP contribution >= 0.6 is 0 Å². The zero-order valence-electron chi connectivity index (χ0n) is 7.99. The maximum Gasteiger partial charge on any atom is 0.211 e. The molecule has 1 aromatic carbocycles. The summed E-state index contributed by atoms with van der Waals surface area (Å²) in [4.78, 5) is 10.1. The maximum atomic E-state index is 10.1. The minimum absolute atomic E-state index is 0.664. The average molecular weight is 193 g/mol. The molecule has 0 aliphatic rings. The van der Waals surface area contributed by atoms with E-state index in [2.05, 4.69) is 10.6 Å². The van der Waals surface area contributed by atoms with Gasteiger partial charge < -0.3 is 16.4 Å². The second-order valence-electron chi connectivity index (χ2n) is 2.91. The molecule has 0 unspecified atom stereocenters. The number of hydrogen-bond acceptors (Lipinski definition) is 3. The van der Waals surface area contributed by atoms with Gasteiger partial charge in [-0.15, -0.1) is 0 Å². The van der Waals surface area contributed by atoms with E-state index in [0.29, 0.717) is 13.0 Å². The molecule has 14 heavy (non-hydrogen) atoms. The Labute approximate surface area is 83.5 Å². The van der Waals surface area contributed by atoms with Crippen molar-refractivity contribution in [3.8, 4) is 0 Å². The van der Waals surface area contributed by atoms with Crippen molar-refractivity contribution in [3.05, 3.63) is 24.3 Å². The number of carbonyl (C=O) groups excluding carboxylic acids is 1. The summed E-state index contributed by atoms with van der Waals surface area (Å²) in [5, 5.41) is 5.79. The van der Waals surface area contributed by atoms with E-state index in [4.69, 9.17) is 5.73 Å². The molecule has 0 radical (unpaired) electrons. The van der Waals surface area contributed by atoms with Gasteiger partial charge in [0.15, 0.2) is 0 Å². The van der Waals surface area contributed by atoms with Crippen molar-refractivity contribution in [3.63, 3.8) is 0 Å². The molecule has 0 bridgehead atoms. The smallest absolute Gasteiger partial charge is 0.211 e. The van der Waals surface area contributed by atoms with Crippen LogP contribution in [0.15, 0.2) is 24.3 Å². The fourth-order valence-corrected chi connectivity index (χ4v) is 1.09. The van der Waals surface area contributed by atoms with Gasteiger partial charge in [-0.25, -0.2) is 0 Å². The van der Waals surface area contributed by atoms with Crippen LogP contribution in [-0.2, 0) is 4.79 Å². The highest BCUT2D eigenvalue weighted by Crippen LogP contribution is 2.12. The first-order valence-electron chi connectivity index (χ1n) is 4.61. The fourth-order valence-electron chi connectivity index (χ4n) is 1.09. The van der Waals surface area contributed by atoms with Gasteiger partial charge in [0, 0.05) is 17.9 Å². The van der Waals surface area contributed by atoms with Crippen LogP contribution < -0.4 is 16.4 Å². The summed E-state index contributed by atoms with van der Waals surface area (Å²) in [6.45, 7) is 1.56. The lowest BCUT2D eigenvalue weighted by Crippen LogP contribution is -2.08. The van der Waals surface area contributed by atoms with Gasteiger partial charge in [-0.3, -0.25) is 4.79 Å². The largest absolute Gasteiger partial charge is 0.385 e. The molecule has 1 amide bonds. The molecule has 0 aliphatic carbocycles. The van der Waals surface area contributed by atoms with Gasteiger partial charge in [-0.2, -0.15) is 0 Å². The maximum absolute atomic E-state index is 10.1. The van der Waals surface area contributed by atoms with Crippen molar-refractivity contribution < 1.29 is 4.79 Å². The van der Waals surface area contributed by atoms with E-state index < -0.39 is 0 Å². The zero-order valence-corrected chi connectivity index (χ0v) is 7.99. The molecule has 4 nitrogen and oxygen atoms in total. The van der Waals surface area contributed by atoms with Crippen LogP contribution in [-0.4, -0.2) is 19.5 Å². The lowest BCUT2D eigenvalue weighted by atomic mass is 10.2. The molecule has 4 heteroatoms. The van der Waals surface area contributed by atoms with E-state index in [1.807, 2.05) is 24.3 Å². The summed E-state index contributed by atoms with van der Waals surface area (Å²) in [7, 11) is 0. The quantitative estimate of drug-likeness (QED) is 0.466. The van der Waals surface area contributed by atoms with Crippen molar-refractivity contribution in [2.75, 3.05) is 23.7 Å². The Morgan fingerprint density at radius 2 is 1.86 bits per heavy atom. The van der Waals surface area contributed by atoms with Crippen LogP contribution in [0.3, 0.4) is 0 Å². The number of nitrogens with two attached hydrogens (primary N) is 1. The second kappa shape index (κ2) is 5.99. The SMILES string of the molecule is NCCCNc1ccc(NC=O)cc1. The first kappa shape index (κ1) is 10.5. The molecule has 1 rings (SSSR count). The predicted octanol–water partition coefficient (Wildman–Crippen LogP) is 1.02. The summed E-state index contributed by atoms with van der Waals surface area (Å²) in [5.41, 5.74) is 7.20. The Bertz CT molecular complexity index is 271. The lowest BCUT2D eigenvalue weighted by molar-refractivity contribution is -0.105. The Kier molecular flexibility index (Phi) is 4.50.